The Bertz CT molecular complexity index is 642. The molecule has 1 heterocycles. The third kappa shape index (κ3) is 1.47. The van der Waals surface area contributed by atoms with E-state index in [4.69, 9.17) is 11.6 Å². The van der Waals surface area contributed by atoms with Gasteiger partial charge in [-0.1, -0.05) is 25.4 Å². The maximum absolute atomic E-state index is 10.1. The van der Waals surface area contributed by atoms with Crippen LogP contribution in [0.15, 0.2) is 36.9 Å². The molecule has 1 aliphatic rings. The first-order chi connectivity index (χ1) is 8.50. The van der Waals surface area contributed by atoms with Crippen LogP contribution < -0.4 is 0 Å². The first-order valence-corrected chi connectivity index (χ1v) is 6.12. The molecule has 3 nitrogen and oxygen atoms in total. The number of hydrogen-bond acceptors (Lipinski definition) is 2. The summed E-state index contributed by atoms with van der Waals surface area (Å²) in [7, 11) is 0. The third-order valence-electron chi connectivity index (χ3n) is 3.31. The standard InChI is InChI=1S/C14H13ClN2O/c1-14(2)7-10(17-6-5-16-8-17)12-11(18)4-3-9(15)13(12)14/h3-8,18H,1-2H3. The topological polar surface area (TPSA) is 38.0 Å². The van der Waals surface area contributed by atoms with Crippen LogP contribution in [0, 0.1) is 0 Å². The van der Waals surface area contributed by atoms with Gasteiger partial charge in [-0.25, -0.2) is 4.98 Å². The number of aromatic hydroxyl groups is 1. The minimum absolute atomic E-state index is 0.204. The Kier molecular flexibility index (Phi) is 2.29. The van der Waals surface area contributed by atoms with E-state index in [2.05, 4.69) is 24.9 Å². The van der Waals surface area contributed by atoms with Crippen LogP contribution in [0.5, 0.6) is 5.75 Å². The molecule has 18 heavy (non-hydrogen) atoms. The number of phenolic OH excluding ortho intramolecular Hbond substituents is 1. The molecule has 0 fully saturated rings. The predicted molar refractivity (Wildman–Crippen MR) is 71.7 cm³/mol. The summed E-state index contributed by atoms with van der Waals surface area (Å²) in [6.07, 6.45) is 7.40. The fourth-order valence-electron chi connectivity index (χ4n) is 2.55. The molecule has 0 saturated heterocycles. The van der Waals surface area contributed by atoms with Crippen LogP contribution in [0.1, 0.15) is 25.0 Å². The van der Waals surface area contributed by atoms with Crippen molar-refractivity contribution in [3.05, 3.63) is 53.1 Å². The zero-order valence-corrected chi connectivity index (χ0v) is 10.9. The number of aromatic nitrogens is 2. The zero-order valence-electron chi connectivity index (χ0n) is 10.2. The van der Waals surface area contributed by atoms with Crippen LogP contribution >= 0.6 is 11.6 Å². The number of imidazole rings is 1. The molecule has 0 radical (unpaired) electrons. The molecule has 0 unspecified atom stereocenters. The summed E-state index contributed by atoms with van der Waals surface area (Å²) in [6.45, 7) is 4.17. The Balaban J connectivity index is 2.32. The molecule has 1 aromatic carbocycles. The lowest BCUT2D eigenvalue weighted by atomic mass is 9.87. The van der Waals surface area contributed by atoms with Gasteiger partial charge in [0.25, 0.3) is 0 Å². The molecule has 0 atom stereocenters. The van der Waals surface area contributed by atoms with Crippen molar-refractivity contribution < 1.29 is 5.11 Å². The smallest absolute Gasteiger partial charge is 0.125 e. The monoisotopic (exact) mass is 260 g/mol. The Labute approximate surface area is 110 Å². The fourth-order valence-corrected chi connectivity index (χ4v) is 2.95. The lowest BCUT2D eigenvalue weighted by molar-refractivity contribution is 0.471. The van der Waals surface area contributed by atoms with Gasteiger partial charge in [-0.2, -0.15) is 0 Å². The molecule has 1 aliphatic carbocycles. The maximum atomic E-state index is 10.1. The van der Waals surface area contributed by atoms with Crippen molar-refractivity contribution in [3.8, 4) is 5.75 Å². The zero-order chi connectivity index (χ0) is 12.9. The van der Waals surface area contributed by atoms with Crippen LogP contribution in [0.25, 0.3) is 5.70 Å². The molecule has 4 heteroatoms. The van der Waals surface area contributed by atoms with Crippen LogP contribution in [-0.4, -0.2) is 14.7 Å². The number of fused-ring (bicyclic) bond motifs is 1. The van der Waals surface area contributed by atoms with Gasteiger partial charge in [-0.3, -0.25) is 0 Å². The minimum Gasteiger partial charge on any atom is -0.507 e. The molecule has 0 amide bonds. The van der Waals surface area contributed by atoms with Gasteiger partial charge in [0, 0.05) is 28.4 Å². The summed E-state index contributed by atoms with van der Waals surface area (Å²) in [4.78, 5) is 4.05. The van der Waals surface area contributed by atoms with E-state index in [0.29, 0.717) is 5.02 Å². The lowest BCUT2D eigenvalue weighted by Crippen LogP contribution is -2.11. The maximum Gasteiger partial charge on any atom is 0.125 e. The van der Waals surface area contributed by atoms with Gasteiger partial charge < -0.3 is 9.67 Å². The van der Waals surface area contributed by atoms with Crippen molar-refractivity contribution >= 4 is 17.3 Å². The van der Waals surface area contributed by atoms with Crippen molar-refractivity contribution in [2.75, 3.05) is 0 Å². The number of nitrogens with zero attached hydrogens (tertiary/aromatic N) is 2. The normalized spacial score (nSPS) is 16.5. The molecule has 92 valence electrons. The van der Waals surface area contributed by atoms with Gasteiger partial charge in [0.05, 0.1) is 12.0 Å². The van der Waals surface area contributed by atoms with E-state index >= 15 is 0 Å². The molecule has 1 N–H and O–H groups in total. The number of phenols is 1. The van der Waals surface area contributed by atoms with Crippen LogP contribution in [0.3, 0.4) is 0 Å². The van der Waals surface area contributed by atoms with Crippen molar-refractivity contribution in [3.63, 3.8) is 0 Å². The van der Waals surface area contributed by atoms with Crippen molar-refractivity contribution in [1.82, 2.24) is 9.55 Å². The summed E-state index contributed by atoms with van der Waals surface area (Å²) in [5.74, 6) is 0.250. The highest BCUT2D eigenvalue weighted by atomic mass is 35.5. The van der Waals surface area contributed by atoms with Gasteiger partial charge in [0.1, 0.15) is 5.75 Å². The molecule has 0 spiro atoms. The Morgan fingerprint density at radius 3 is 2.78 bits per heavy atom. The first-order valence-electron chi connectivity index (χ1n) is 5.74. The third-order valence-corrected chi connectivity index (χ3v) is 3.63. The van der Waals surface area contributed by atoms with Gasteiger partial charge in [-0.05, 0) is 23.8 Å². The second kappa shape index (κ2) is 3.62. The van der Waals surface area contributed by atoms with E-state index in [9.17, 15) is 5.11 Å². The molecule has 0 aliphatic heterocycles. The van der Waals surface area contributed by atoms with Gasteiger partial charge >= 0.3 is 0 Å². The Morgan fingerprint density at radius 2 is 2.11 bits per heavy atom. The first kappa shape index (κ1) is 11.4. The Hall–Kier alpha value is -1.74. The van der Waals surface area contributed by atoms with Crippen LogP contribution in [0.2, 0.25) is 5.02 Å². The molecular formula is C14H13ClN2O. The average molecular weight is 261 g/mol. The quantitative estimate of drug-likeness (QED) is 0.853. The fraction of sp³-hybridized carbons (Fsp3) is 0.214. The van der Waals surface area contributed by atoms with Crippen molar-refractivity contribution in [1.29, 1.82) is 0 Å². The summed E-state index contributed by atoms with van der Waals surface area (Å²) >= 11 is 6.28. The second-order valence-corrected chi connectivity index (χ2v) is 5.44. The summed E-state index contributed by atoms with van der Waals surface area (Å²) in [5.41, 5.74) is 2.48. The van der Waals surface area contributed by atoms with Gasteiger partial charge in [-0.15, -0.1) is 0 Å². The molecule has 0 saturated carbocycles. The molecule has 1 aromatic heterocycles. The Morgan fingerprint density at radius 1 is 1.33 bits per heavy atom. The number of allylic oxidation sites excluding steroid dienone is 1. The number of rotatable bonds is 1. The van der Waals surface area contributed by atoms with Gasteiger partial charge in [0.2, 0.25) is 0 Å². The largest absolute Gasteiger partial charge is 0.507 e. The van der Waals surface area contributed by atoms with E-state index in [0.717, 1.165) is 16.8 Å². The number of hydrogen-bond donors (Lipinski definition) is 1. The molecule has 2 aromatic rings. The molecule has 0 bridgehead atoms. The molecule has 3 rings (SSSR count). The van der Waals surface area contributed by atoms with E-state index in [1.165, 1.54) is 0 Å². The average Bonchev–Trinajstić information content (AvgIpc) is 2.89. The second-order valence-electron chi connectivity index (χ2n) is 5.04. The summed E-state index contributed by atoms with van der Waals surface area (Å²) < 4.78 is 1.89. The molecular weight excluding hydrogens is 248 g/mol. The number of halogens is 1. The van der Waals surface area contributed by atoms with Crippen LogP contribution in [-0.2, 0) is 5.41 Å². The van der Waals surface area contributed by atoms with E-state index in [1.54, 1.807) is 24.7 Å². The minimum atomic E-state index is -0.204. The highest BCUT2D eigenvalue weighted by Crippen LogP contribution is 2.47. The van der Waals surface area contributed by atoms with E-state index in [1.807, 2.05) is 10.8 Å². The van der Waals surface area contributed by atoms with Crippen LogP contribution in [0.4, 0.5) is 0 Å². The van der Waals surface area contributed by atoms with Crippen molar-refractivity contribution in [2.24, 2.45) is 0 Å². The highest BCUT2D eigenvalue weighted by Gasteiger charge is 2.34. The van der Waals surface area contributed by atoms with E-state index in [-0.39, 0.29) is 11.2 Å². The lowest BCUT2D eigenvalue weighted by Gasteiger charge is -2.19. The SMILES string of the molecule is CC1(C)C=C(n2ccnc2)c2c(O)ccc(Cl)c21. The highest BCUT2D eigenvalue weighted by molar-refractivity contribution is 6.32. The predicted octanol–water partition coefficient (Wildman–Crippen LogP) is 3.42. The summed E-state index contributed by atoms with van der Waals surface area (Å²) in [6, 6.07) is 3.37. The van der Waals surface area contributed by atoms with Crippen molar-refractivity contribution in [2.45, 2.75) is 19.3 Å². The van der Waals surface area contributed by atoms with Gasteiger partial charge in [0.15, 0.2) is 0 Å². The van der Waals surface area contributed by atoms with E-state index < -0.39 is 0 Å². The number of benzene rings is 1. The summed E-state index contributed by atoms with van der Waals surface area (Å²) in [5, 5.41) is 10.8.